The van der Waals surface area contributed by atoms with Crippen LogP contribution in [0.4, 0.5) is 30.7 Å². The third-order valence-electron chi connectivity index (χ3n) is 5.34. The van der Waals surface area contributed by atoms with Crippen molar-refractivity contribution in [1.82, 2.24) is 19.7 Å². The maximum absolute atomic E-state index is 14.3. The number of halogens is 7. The predicted octanol–water partition coefficient (Wildman–Crippen LogP) is 4.22. The van der Waals surface area contributed by atoms with Crippen LogP contribution >= 0.6 is 0 Å². The number of alkyl halides is 6. The maximum Gasteiger partial charge on any atom is 1.00 e. The Morgan fingerprint density at radius 2 is 1.57 bits per heavy atom. The van der Waals surface area contributed by atoms with Gasteiger partial charge in [-0.3, -0.25) is 4.68 Å². The van der Waals surface area contributed by atoms with E-state index in [2.05, 4.69) is 15.1 Å². The summed E-state index contributed by atoms with van der Waals surface area (Å²) in [5.74, 6) is -1.17. The van der Waals surface area contributed by atoms with Crippen LogP contribution in [0.5, 0.6) is 0 Å². The van der Waals surface area contributed by atoms with Crippen LogP contribution in [0.15, 0.2) is 36.4 Å². The molecule has 0 spiro atoms. The Kier molecular flexibility index (Phi) is 6.95. The summed E-state index contributed by atoms with van der Waals surface area (Å²) in [5, 5.41) is 4.01. The molecule has 0 bridgehead atoms. The zero-order chi connectivity index (χ0) is 25.2. The minimum absolute atomic E-state index is 0. The van der Waals surface area contributed by atoms with Crippen LogP contribution in [0.1, 0.15) is 39.0 Å². The van der Waals surface area contributed by atoms with Gasteiger partial charge in [-0.2, -0.15) is 31.4 Å². The van der Waals surface area contributed by atoms with Crippen molar-refractivity contribution in [2.24, 2.45) is 7.05 Å². The molecule has 0 saturated heterocycles. The summed E-state index contributed by atoms with van der Waals surface area (Å²) in [6.45, 7) is 4.65. The summed E-state index contributed by atoms with van der Waals surface area (Å²) in [4.78, 5) is 6.48. The first kappa shape index (κ1) is 27.2. The Bertz CT molecular complexity index is 1400. The van der Waals surface area contributed by atoms with Crippen molar-refractivity contribution in [2.45, 2.75) is 38.5 Å². The molecule has 2 aromatic heterocycles. The number of hydrogen-bond donors (Lipinski definition) is 1. The van der Waals surface area contributed by atoms with Crippen molar-refractivity contribution in [2.75, 3.05) is 0 Å². The van der Waals surface area contributed by atoms with Gasteiger partial charge in [-0.25, -0.2) is 9.37 Å². The van der Waals surface area contributed by atoms with Gasteiger partial charge in [0.2, 0.25) is 0 Å². The van der Waals surface area contributed by atoms with Crippen molar-refractivity contribution < 1.29 is 61.7 Å². The number of fused-ring (bicyclic) bond motifs is 1. The molecule has 182 valence electrons. The Labute approximate surface area is 219 Å². The Balaban J connectivity index is 0.00000228. The topological polar surface area (TPSA) is 46.5 Å². The number of rotatable bonds is 2. The van der Waals surface area contributed by atoms with E-state index in [4.69, 9.17) is 0 Å². The summed E-state index contributed by atoms with van der Waals surface area (Å²) in [6.07, 6.45) is -9.72. The Hall–Kier alpha value is -2.37. The zero-order valence-electron chi connectivity index (χ0n) is 20.5. The monoisotopic (exact) mass is 508 g/mol. The van der Waals surface area contributed by atoms with Crippen molar-refractivity contribution in [3.05, 3.63) is 59.0 Å². The average molecular weight is 508 g/mol. The fourth-order valence-corrected chi connectivity index (χ4v) is 3.89. The van der Waals surface area contributed by atoms with Crippen LogP contribution < -0.4 is 29.6 Å². The molecule has 0 amide bonds. The van der Waals surface area contributed by atoms with Gasteiger partial charge in [0.15, 0.2) is 5.82 Å². The van der Waals surface area contributed by atoms with E-state index in [0.29, 0.717) is 0 Å². The minimum atomic E-state index is -4.89. The molecule has 35 heavy (non-hydrogen) atoms. The van der Waals surface area contributed by atoms with E-state index in [0.717, 1.165) is 16.8 Å². The molecule has 0 aliphatic rings. The van der Waals surface area contributed by atoms with Gasteiger partial charge in [0.1, 0.15) is 22.6 Å². The number of benzene rings is 2. The molecule has 1 N–H and O–H groups in total. The van der Waals surface area contributed by atoms with Crippen LogP contribution in [0, 0.1) is 5.82 Å². The van der Waals surface area contributed by atoms with Crippen LogP contribution in [0.2, 0.25) is 0 Å². The van der Waals surface area contributed by atoms with Gasteiger partial charge in [0.05, 0.1) is 16.8 Å². The summed E-state index contributed by atoms with van der Waals surface area (Å²) in [5.41, 5.74) is -4.97. The van der Waals surface area contributed by atoms with Gasteiger partial charge in [-0.15, -0.1) is 0 Å². The second-order valence-electron chi connectivity index (χ2n) is 8.93. The number of nitrogens with one attached hydrogen (secondary N) is 1. The third kappa shape index (κ3) is 4.99. The molecule has 0 aliphatic carbocycles. The first-order chi connectivity index (χ1) is 15.6. The number of imidazole rings is 1. The molecule has 0 saturated carbocycles. The molecule has 4 aromatic rings. The van der Waals surface area contributed by atoms with Crippen molar-refractivity contribution >= 4 is 11.0 Å². The molecule has 0 fully saturated rings. The largest absolute Gasteiger partial charge is 1.00 e. The fourth-order valence-electron chi connectivity index (χ4n) is 3.89. The SMILES string of the molecule is Cn1nc(C(C)(C)C)c(C(F)(F)F)c1-c1nc2c(C(F)(F)F)cc(-c3ccccc3F)cc2[nH]1.[H-].[Na+]. The summed E-state index contributed by atoms with van der Waals surface area (Å²) in [7, 11) is 1.27. The normalized spacial score (nSPS) is 12.8. The van der Waals surface area contributed by atoms with Crippen molar-refractivity contribution in [3.63, 3.8) is 0 Å². The fraction of sp³-hybridized carbons (Fsp3) is 0.304. The molecule has 0 unspecified atom stereocenters. The van der Waals surface area contributed by atoms with Gasteiger partial charge < -0.3 is 6.41 Å². The molecule has 2 heterocycles. The second kappa shape index (κ2) is 8.94. The van der Waals surface area contributed by atoms with Crippen molar-refractivity contribution in [3.8, 4) is 22.6 Å². The predicted molar refractivity (Wildman–Crippen MR) is 114 cm³/mol. The number of aryl methyl sites for hydroxylation is 1. The van der Waals surface area contributed by atoms with Crippen LogP contribution in [-0.2, 0) is 24.8 Å². The first-order valence-corrected chi connectivity index (χ1v) is 10.1. The van der Waals surface area contributed by atoms with E-state index < -0.39 is 51.7 Å². The Morgan fingerprint density at radius 3 is 2.11 bits per heavy atom. The minimum Gasteiger partial charge on any atom is -1.00 e. The number of nitrogens with zero attached hydrogens (tertiary/aromatic N) is 3. The van der Waals surface area contributed by atoms with E-state index in [1.807, 2.05) is 0 Å². The number of aromatic nitrogens is 4. The van der Waals surface area contributed by atoms with Gasteiger partial charge in [-0.05, 0) is 23.8 Å². The Morgan fingerprint density at radius 1 is 0.943 bits per heavy atom. The van der Waals surface area contributed by atoms with Crippen LogP contribution in [0.3, 0.4) is 0 Å². The van der Waals surface area contributed by atoms with Gasteiger partial charge in [0.25, 0.3) is 0 Å². The quantitative estimate of drug-likeness (QED) is 0.326. The molecule has 0 atom stereocenters. The molecular formula is C23H20F7N4Na. The number of aromatic amines is 1. The number of hydrogen-bond acceptors (Lipinski definition) is 2. The molecule has 4 rings (SSSR count). The zero-order valence-corrected chi connectivity index (χ0v) is 21.5. The molecular weight excluding hydrogens is 488 g/mol. The van der Waals surface area contributed by atoms with Crippen molar-refractivity contribution in [1.29, 1.82) is 0 Å². The van der Waals surface area contributed by atoms with E-state index >= 15 is 0 Å². The molecule has 2 aromatic carbocycles. The van der Waals surface area contributed by atoms with Gasteiger partial charge >= 0.3 is 41.9 Å². The summed E-state index contributed by atoms with van der Waals surface area (Å²) < 4.78 is 99.1. The maximum atomic E-state index is 14.3. The molecule has 12 heteroatoms. The molecule has 4 nitrogen and oxygen atoms in total. The van der Waals surface area contributed by atoms with E-state index in [-0.39, 0.29) is 53.3 Å². The first-order valence-electron chi connectivity index (χ1n) is 10.1. The molecule has 0 aliphatic heterocycles. The van der Waals surface area contributed by atoms with Crippen LogP contribution in [-0.4, -0.2) is 19.7 Å². The number of H-pyrrole nitrogens is 1. The molecule has 0 radical (unpaired) electrons. The van der Waals surface area contributed by atoms with E-state index in [1.165, 1.54) is 31.3 Å². The average Bonchev–Trinajstić information content (AvgIpc) is 3.26. The standard InChI is InChI=1S/C23H19F7N4.Na.H/c1-21(2,3)19-16(23(28,29)30)18(34(4)33-19)20-31-15-10-11(12-7-5-6-8-14(12)24)9-13(17(15)32-20)22(25,26)27;;/h5-10H,1-4H3,(H,31,32);;/q;+1;-1. The summed E-state index contributed by atoms with van der Waals surface area (Å²) in [6, 6.07) is 7.24. The van der Waals surface area contributed by atoms with Crippen LogP contribution in [0.25, 0.3) is 33.7 Å². The van der Waals surface area contributed by atoms with E-state index in [9.17, 15) is 30.7 Å². The third-order valence-corrected chi connectivity index (χ3v) is 5.34. The second-order valence-corrected chi connectivity index (χ2v) is 8.93. The van der Waals surface area contributed by atoms with E-state index in [1.54, 1.807) is 20.8 Å². The van der Waals surface area contributed by atoms with Gasteiger partial charge in [-0.1, -0.05) is 39.0 Å². The van der Waals surface area contributed by atoms with Gasteiger partial charge in [0, 0.05) is 18.0 Å². The summed E-state index contributed by atoms with van der Waals surface area (Å²) >= 11 is 0. The smallest absolute Gasteiger partial charge is 1.00 e.